The van der Waals surface area contributed by atoms with Crippen LogP contribution in [0.2, 0.25) is 0 Å². The van der Waals surface area contributed by atoms with Crippen LogP contribution in [-0.4, -0.2) is 23.0 Å². The number of hydrogen-bond acceptors (Lipinski definition) is 2. The Morgan fingerprint density at radius 1 is 1.32 bits per heavy atom. The van der Waals surface area contributed by atoms with Crippen LogP contribution in [0.5, 0.6) is 0 Å². The number of carboxylic acids is 1. The number of halogens is 3. The summed E-state index contributed by atoms with van der Waals surface area (Å²) in [6.45, 7) is 1.89. The Balaban J connectivity index is 2.70. The van der Waals surface area contributed by atoms with Gasteiger partial charge in [-0.05, 0) is 18.1 Å². The van der Waals surface area contributed by atoms with Gasteiger partial charge in [-0.1, -0.05) is 38.0 Å². The molecule has 0 aliphatic heterocycles. The Bertz CT molecular complexity index is 529. The highest BCUT2D eigenvalue weighted by atomic mass is 19.4. The standard InChI is InChI=1S/C15H18F3NO3/c1-2-3-7-12(14(21)22)19-13(20)9-10-5-4-6-11(8-10)15(16,17)18/h4-6,8,12H,2-3,7,9H2,1H3,(H,19,20)(H,21,22)/t12-/m1/s1. The van der Waals surface area contributed by atoms with Gasteiger partial charge in [-0.25, -0.2) is 4.79 Å². The lowest BCUT2D eigenvalue weighted by Gasteiger charge is -2.14. The van der Waals surface area contributed by atoms with Crippen molar-refractivity contribution >= 4 is 11.9 Å². The molecule has 0 saturated carbocycles. The molecule has 22 heavy (non-hydrogen) atoms. The Morgan fingerprint density at radius 2 is 2.00 bits per heavy atom. The third-order valence-electron chi connectivity index (χ3n) is 3.10. The number of nitrogens with one attached hydrogen (secondary N) is 1. The molecular weight excluding hydrogens is 299 g/mol. The Labute approximate surface area is 126 Å². The summed E-state index contributed by atoms with van der Waals surface area (Å²) in [6.07, 6.45) is -3.05. The maximum atomic E-state index is 12.6. The van der Waals surface area contributed by atoms with E-state index in [1.54, 1.807) is 0 Å². The molecule has 0 aliphatic carbocycles. The van der Waals surface area contributed by atoms with Gasteiger partial charge in [0.15, 0.2) is 0 Å². The first-order chi connectivity index (χ1) is 10.2. The molecule has 0 radical (unpaired) electrons. The number of alkyl halides is 3. The van der Waals surface area contributed by atoms with Crippen LogP contribution in [0, 0.1) is 0 Å². The van der Waals surface area contributed by atoms with E-state index >= 15 is 0 Å². The molecule has 1 atom stereocenters. The predicted octanol–water partition coefficient (Wildman–Crippen LogP) is 3.01. The van der Waals surface area contributed by atoms with Crippen LogP contribution in [0.3, 0.4) is 0 Å². The van der Waals surface area contributed by atoms with Gasteiger partial charge in [0.25, 0.3) is 0 Å². The topological polar surface area (TPSA) is 66.4 Å². The van der Waals surface area contributed by atoms with E-state index in [1.165, 1.54) is 12.1 Å². The van der Waals surface area contributed by atoms with Crippen molar-refractivity contribution in [3.8, 4) is 0 Å². The minimum atomic E-state index is -4.47. The number of carboxylic acid groups (broad SMARTS) is 1. The van der Waals surface area contributed by atoms with E-state index in [-0.39, 0.29) is 12.0 Å². The third-order valence-corrected chi connectivity index (χ3v) is 3.10. The number of amides is 1. The fourth-order valence-electron chi connectivity index (χ4n) is 1.95. The van der Waals surface area contributed by atoms with E-state index < -0.39 is 29.7 Å². The van der Waals surface area contributed by atoms with E-state index in [1.807, 2.05) is 6.92 Å². The smallest absolute Gasteiger partial charge is 0.416 e. The van der Waals surface area contributed by atoms with Gasteiger partial charge in [0.1, 0.15) is 6.04 Å². The predicted molar refractivity (Wildman–Crippen MR) is 74.2 cm³/mol. The van der Waals surface area contributed by atoms with Gasteiger partial charge >= 0.3 is 12.1 Å². The number of unbranched alkanes of at least 4 members (excludes halogenated alkanes) is 1. The lowest BCUT2D eigenvalue weighted by molar-refractivity contribution is -0.142. The van der Waals surface area contributed by atoms with Crippen molar-refractivity contribution in [1.29, 1.82) is 0 Å². The van der Waals surface area contributed by atoms with E-state index in [0.29, 0.717) is 12.8 Å². The molecule has 0 heterocycles. The summed E-state index contributed by atoms with van der Waals surface area (Å²) in [4.78, 5) is 22.8. The fraction of sp³-hybridized carbons (Fsp3) is 0.467. The van der Waals surface area contributed by atoms with Crippen molar-refractivity contribution in [2.24, 2.45) is 0 Å². The van der Waals surface area contributed by atoms with Crippen molar-refractivity contribution in [3.63, 3.8) is 0 Å². The van der Waals surface area contributed by atoms with Gasteiger partial charge in [-0.2, -0.15) is 13.2 Å². The van der Waals surface area contributed by atoms with Crippen molar-refractivity contribution in [2.45, 2.75) is 44.8 Å². The van der Waals surface area contributed by atoms with E-state index in [4.69, 9.17) is 5.11 Å². The lowest BCUT2D eigenvalue weighted by atomic mass is 10.1. The fourth-order valence-corrected chi connectivity index (χ4v) is 1.95. The summed E-state index contributed by atoms with van der Waals surface area (Å²) in [6, 6.07) is 3.41. The second-order valence-corrected chi connectivity index (χ2v) is 4.98. The third kappa shape index (κ3) is 5.75. The van der Waals surface area contributed by atoms with Gasteiger partial charge in [0.2, 0.25) is 5.91 Å². The summed E-state index contributed by atoms with van der Waals surface area (Å²) >= 11 is 0. The van der Waals surface area contributed by atoms with E-state index in [0.717, 1.165) is 18.6 Å². The number of carbonyl (C=O) groups excluding carboxylic acids is 1. The molecule has 122 valence electrons. The van der Waals surface area contributed by atoms with Gasteiger partial charge < -0.3 is 10.4 Å². The normalized spacial score (nSPS) is 12.7. The van der Waals surface area contributed by atoms with Crippen molar-refractivity contribution < 1.29 is 27.9 Å². The van der Waals surface area contributed by atoms with Crippen LogP contribution in [0.15, 0.2) is 24.3 Å². The molecule has 0 aromatic heterocycles. The summed E-state index contributed by atoms with van der Waals surface area (Å²) < 4.78 is 37.7. The molecule has 7 heteroatoms. The minimum absolute atomic E-state index is 0.187. The van der Waals surface area contributed by atoms with Crippen LogP contribution in [-0.2, 0) is 22.2 Å². The molecule has 1 rings (SSSR count). The molecule has 1 amide bonds. The number of rotatable bonds is 7. The summed E-state index contributed by atoms with van der Waals surface area (Å²) in [5.74, 6) is -1.76. The van der Waals surface area contributed by atoms with Gasteiger partial charge in [0.05, 0.1) is 12.0 Å². The summed E-state index contributed by atoms with van der Waals surface area (Å²) in [5.41, 5.74) is -0.648. The highest BCUT2D eigenvalue weighted by Crippen LogP contribution is 2.29. The maximum Gasteiger partial charge on any atom is 0.416 e. The lowest BCUT2D eigenvalue weighted by Crippen LogP contribution is -2.41. The monoisotopic (exact) mass is 317 g/mol. The Kier molecular flexibility index (Phi) is 6.39. The number of benzene rings is 1. The Morgan fingerprint density at radius 3 is 2.55 bits per heavy atom. The highest BCUT2D eigenvalue weighted by Gasteiger charge is 2.30. The number of aliphatic carboxylic acids is 1. The number of carbonyl (C=O) groups is 2. The molecule has 0 fully saturated rings. The molecule has 2 N–H and O–H groups in total. The van der Waals surface area contributed by atoms with Gasteiger partial charge in [0, 0.05) is 0 Å². The summed E-state index contributed by atoms with van der Waals surface area (Å²) in [7, 11) is 0. The van der Waals surface area contributed by atoms with Crippen molar-refractivity contribution in [3.05, 3.63) is 35.4 Å². The molecule has 4 nitrogen and oxygen atoms in total. The molecule has 0 bridgehead atoms. The number of hydrogen-bond donors (Lipinski definition) is 2. The van der Waals surface area contributed by atoms with Crippen molar-refractivity contribution in [2.75, 3.05) is 0 Å². The zero-order chi connectivity index (χ0) is 16.8. The van der Waals surface area contributed by atoms with Gasteiger partial charge in [-0.15, -0.1) is 0 Å². The van der Waals surface area contributed by atoms with Gasteiger partial charge in [-0.3, -0.25) is 4.79 Å². The average molecular weight is 317 g/mol. The molecule has 0 spiro atoms. The maximum absolute atomic E-state index is 12.6. The molecule has 1 aromatic carbocycles. The minimum Gasteiger partial charge on any atom is -0.480 e. The first-order valence-corrected chi connectivity index (χ1v) is 6.92. The quantitative estimate of drug-likeness (QED) is 0.812. The van der Waals surface area contributed by atoms with Crippen LogP contribution in [0.25, 0.3) is 0 Å². The van der Waals surface area contributed by atoms with Crippen LogP contribution >= 0.6 is 0 Å². The zero-order valence-corrected chi connectivity index (χ0v) is 12.1. The first-order valence-electron chi connectivity index (χ1n) is 6.92. The molecule has 0 aliphatic rings. The molecule has 1 aromatic rings. The zero-order valence-electron chi connectivity index (χ0n) is 12.1. The molecule has 0 unspecified atom stereocenters. The first kappa shape index (κ1) is 18.0. The highest BCUT2D eigenvalue weighted by molar-refractivity contribution is 5.84. The van der Waals surface area contributed by atoms with Crippen molar-refractivity contribution in [1.82, 2.24) is 5.32 Å². The van der Waals surface area contributed by atoms with Crippen LogP contribution in [0.1, 0.15) is 37.3 Å². The second-order valence-electron chi connectivity index (χ2n) is 4.98. The van der Waals surface area contributed by atoms with E-state index in [2.05, 4.69) is 5.32 Å². The van der Waals surface area contributed by atoms with Crippen LogP contribution in [0.4, 0.5) is 13.2 Å². The molecule has 0 saturated heterocycles. The largest absolute Gasteiger partial charge is 0.480 e. The second kappa shape index (κ2) is 7.82. The Hall–Kier alpha value is -2.05. The SMILES string of the molecule is CCCC[C@@H](NC(=O)Cc1cccc(C(F)(F)F)c1)C(=O)O. The summed E-state index contributed by atoms with van der Waals surface area (Å²) in [5, 5.41) is 11.3. The van der Waals surface area contributed by atoms with E-state index in [9.17, 15) is 22.8 Å². The van der Waals surface area contributed by atoms with Crippen LogP contribution < -0.4 is 5.32 Å². The molecular formula is C15H18F3NO3. The average Bonchev–Trinajstić information content (AvgIpc) is 2.42.